The zero-order chi connectivity index (χ0) is 17.7. The number of rotatable bonds is 4. The topological polar surface area (TPSA) is 55.8 Å². The average Bonchev–Trinajstić information content (AvgIpc) is 3.06. The number of amides is 1. The molecule has 2 aliphatic heterocycles. The fourth-order valence-corrected chi connectivity index (χ4v) is 4.89. The van der Waals surface area contributed by atoms with Gasteiger partial charge in [0.05, 0.1) is 6.61 Å². The SMILES string of the molecule is CCOC(=O)[C@@]12C[C@@H]3CC[C@@H](C)C[C@@]3(O1)N(Cc1ccccc1)C2=O. The van der Waals surface area contributed by atoms with Crippen molar-refractivity contribution in [3.05, 3.63) is 35.9 Å². The van der Waals surface area contributed by atoms with E-state index in [-0.39, 0.29) is 18.4 Å². The first-order valence-electron chi connectivity index (χ1n) is 9.25. The Balaban J connectivity index is 1.73. The number of piperidine rings is 1. The van der Waals surface area contributed by atoms with E-state index in [0.717, 1.165) is 24.8 Å². The minimum atomic E-state index is -1.43. The lowest BCUT2D eigenvalue weighted by atomic mass is 9.71. The van der Waals surface area contributed by atoms with Crippen molar-refractivity contribution in [1.29, 1.82) is 0 Å². The van der Waals surface area contributed by atoms with E-state index in [1.165, 1.54) is 0 Å². The van der Waals surface area contributed by atoms with Gasteiger partial charge in [-0.1, -0.05) is 43.7 Å². The maximum Gasteiger partial charge on any atom is 0.348 e. The number of likely N-dealkylation sites (tertiary alicyclic amines) is 1. The van der Waals surface area contributed by atoms with Crippen LogP contribution in [-0.4, -0.2) is 34.7 Å². The third-order valence-electron chi connectivity index (χ3n) is 6.01. The normalized spacial score (nSPS) is 36.4. The molecule has 25 heavy (non-hydrogen) atoms. The largest absolute Gasteiger partial charge is 0.463 e. The van der Waals surface area contributed by atoms with Gasteiger partial charge in [-0.05, 0) is 31.2 Å². The van der Waals surface area contributed by atoms with Gasteiger partial charge in [0.25, 0.3) is 5.91 Å². The summed E-state index contributed by atoms with van der Waals surface area (Å²) in [6.07, 6.45) is 3.35. The Bertz CT molecular complexity index is 690. The lowest BCUT2D eigenvalue weighted by Crippen LogP contribution is -2.58. The van der Waals surface area contributed by atoms with Crippen molar-refractivity contribution < 1.29 is 19.1 Å². The number of hydrogen-bond donors (Lipinski definition) is 0. The smallest absolute Gasteiger partial charge is 0.348 e. The van der Waals surface area contributed by atoms with Gasteiger partial charge in [0, 0.05) is 18.9 Å². The molecule has 1 aromatic carbocycles. The maximum atomic E-state index is 13.3. The molecule has 0 unspecified atom stereocenters. The molecule has 1 aliphatic carbocycles. The van der Waals surface area contributed by atoms with Crippen LogP contribution in [0.1, 0.15) is 45.1 Å². The van der Waals surface area contributed by atoms with E-state index >= 15 is 0 Å². The van der Waals surface area contributed by atoms with E-state index in [9.17, 15) is 9.59 Å². The third kappa shape index (κ3) is 2.32. The second kappa shape index (κ2) is 5.84. The average molecular weight is 343 g/mol. The highest BCUT2D eigenvalue weighted by Gasteiger charge is 2.74. The van der Waals surface area contributed by atoms with E-state index in [2.05, 4.69) is 6.92 Å². The molecule has 0 N–H and O–H groups in total. The van der Waals surface area contributed by atoms with Gasteiger partial charge in [0.15, 0.2) is 0 Å². The molecule has 1 spiro atoms. The molecule has 4 rings (SSSR count). The molecule has 1 saturated carbocycles. The first kappa shape index (κ1) is 16.6. The number of carbonyl (C=O) groups excluding carboxylic acids is 2. The summed E-state index contributed by atoms with van der Waals surface area (Å²) in [7, 11) is 0. The van der Waals surface area contributed by atoms with Crippen LogP contribution in [0.3, 0.4) is 0 Å². The Morgan fingerprint density at radius 1 is 1.28 bits per heavy atom. The fraction of sp³-hybridized carbons (Fsp3) is 0.600. The van der Waals surface area contributed by atoms with Gasteiger partial charge in [0.1, 0.15) is 5.72 Å². The molecule has 5 heteroatoms. The van der Waals surface area contributed by atoms with Gasteiger partial charge < -0.3 is 14.4 Å². The highest BCUT2D eigenvalue weighted by molar-refractivity contribution is 6.08. The Morgan fingerprint density at radius 2 is 2.04 bits per heavy atom. The molecule has 5 nitrogen and oxygen atoms in total. The highest BCUT2D eigenvalue weighted by Crippen LogP contribution is 2.59. The van der Waals surface area contributed by atoms with Crippen LogP contribution in [0.5, 0.6) is 0 Å². The van der Waals surface area contributed by atoms with Crippen LogP contribution in [0.25, 0.3) is 0 Å². The predicted molar refractivity (Wildman–Crippen MR) is 91.3 cm³/mol. The van der Waals surface area contributed by atoms with E-state index < -0.39 is 17.3 Å². The summed E-state index contributed by atoms with van der Waals surface area (Å²) in [6.45, 7) is 4.69. The number of nitrogens with zero attached hydrogens (tertiary/aromatic N) is 1. The molecule has 3 fully saturated rings. The molecule has 2 bridgehead atoms. The van der Waals surface area contributed by atoms with Crippen molar-refractivity contribution in [2.75, 3.05) is 6.61 Å². The molecular weight excluding hydrogens is 318 g/mol. The van der Waals surface area contributed by atoms with Crippen LogP contribution in [0.2, 0.25) is 0 Å². The minimum absolute atomic E-state index is 0.203. The van der Waals surface area contributed by atoms with Crippen LogP contribution >= 0.6 is 0 Å². The molecule has 1 aromatic rings. The van der Waals surface area contributed by atoms with E-state index in [1.54, 1.807) is 6.92 Å². The Kier molecular flexibility index (Phi) is 3.87. The number of hydrogen-bond acceptors (Lipinski definition) is 4. The number of benzene rings is 1. The standard InChI is InChI=1S/C20H25NO4/c1-3-24-18(23)19-12-16-10-9-14(2)11-20(16,25-19)21(17(19)22)13-15-7-5-4-6-8-15/h4-8,14,16H,3,9-13H2,1-2H3/t14-,16+,19+,20+/m1/s1. The summed E-state index contributed by atoms with van der Waals surface area (Å²) in [5.74, 6) is -0.0647. The van der Waals surface area contributed by atoms with Gasteiger partial charge in [-0.2, -0.15) is 0 Å². The highest BCUT2D eigenvalue weighted by atomic mass is 16.6. The van der Waals surface area contributed by atoms with E-state index in [4.69, 9.17) is 9.47 Å². The summed E-state index contributed by atoms with van der Waals surface area (Å²) in [5, 5.41) is 0. The Hall–Kier alpha value is -1.88. The van der Waals surface area contributed by atoms with E-state index in [1.807, 2.05) is 35.2 Å². The molecule has 0 radical (unpaired) electrons. The minimum Gasteiger partial charge on any atom is -0.463 e. The summed E-state index contributed by atoms with van der Waals surface area (Å²) in [4.78, 5) is 27.7. The quantitative estimate of drug-likeness (QED) is 0.623. The van der Waals surface area contributed by atoms with Crippen LogP contribution in [0, 0.1) is 11.8 Å². The molecular formula is C20H25NO4. The van der Waals surface area contributed by atoms with Crippen molar-refractivity contribution in [2.24, 2.45) is 11.8 Å². The lowest BCUT2D eigenvalue weighted by Gasteiger charge is -2.46. The van der Waals surface area contributed by atoms with Crippen molar-refractivity contribution >= 4 is 11.9 Å². The first-order chi connectivity index (χ1) is 12.0. The van der Waals surface area contributed by atoms with Crippen LogP contribution < -0.4 is 0 Å². The number of fused-ring (bicyclic) bond motifs is 1. The number of ether oxygens (including phenoxy) is 2. The number of carbonyl (C=O) groups is 2. The van der Waals surface area contributed by atoms with Gasteiger partial charge in [0.2, 0.25) is 5.60 Å². The van der Waals surface area contributed by atoms with Crippen LogP contribution in [-0.2, 0) is 25.6 Å². The Labute approximate surface area is 148 Å². The second-order valence-electron chi connectivity index (χ2n) is 7.66. The zero-order valence-electron chi connectivity index (χ0n) is 14.9. The molecule has 134 valence electrons. The van der Waals surface area contributed by atoms with Crippen molar-refractivity contribution in [1.82, 2.24) is 4.90 Å². The first-order valence-corrected chi connectivity index (χ1v) is 9.25. The molecule has 0 aromatic heterocycles. The van der Waals surface area contributed by atoms with Crippen molar-refractivity contribution in [3.63, 3.8) is 0 Å². The van der Waals surface area contributed by atoms with Gasteiger partial charge in [-0.15, -0.1) is 0 Å². The third-order valence-corrected chi connectivity index (χ3v) is 6.01. The van der Waals surface area contributed by atoms with E-state index in [0.29, 0.717) is 18.9 Å². The van der Waals surface area contributed by atoms with Crippen LogP contribution in [0.4, 0.5) is 0 Å². The summed E-state index contributed by atoms with van der Waals surface area (Å²) >= 11 is 0. The van der Waals surface area contributed by atoms with Gasteiger partial charge >= 0.3 is 5.97 Å². The fourth-order valence-electron chi connectivity index (χ4n) is 4.89. The summed E-state index contributed by atoms with van der Waals surface area (Å²) in [6, 6.07) is 9.91. The van der Waals surface area contributed by atoms with Gasteiger partial charge in [-0.3, -0.25) is 4.79 Å². The monoisotopic (exact) mass is 343 g/mol. The number of esters is 1. The molecule has 2 saturated heterocycles. The zero-order valence-corrected chi connectivity index (χ0v) is 14.9. The van der Waals surface area contributed by atoms with Crippen molar-refractivity contribution in [3.8, 4) is 0 Å². The molecule has 4 atom stereocenters. The maximum absolute atomic E-state index is 13.3. The molecule has 1 amide bonds. The molecule has 3 aliphatic rings. The van der Waals surface area contributed by atoms with Gasteiger partial charge in [-0.25, -0.2) is 4.79 Å². The lowest BCUT2D eigenvalue weighted by molar-refractivity contribution is -0.176. The van der Waals surface area contributed by atoms with Crippen LogP contribution in [0.15, 0.2) is 30.3 Å². The summed E-state index contributed by atoms with van der Waals surface area (Å²) < 4.78 is 11.6. The molecule has 2 heterocycles. The summed E-state index contributed by atoms with van der Waals surface area (Å²) in [5.41, 5.74) is -1.03. The van der Waals surface area contributed by atoms with Crippen molar-refractivity contribution in [2.45, 2.75) is 57.4 Å². The second-order valence-corrected chi connectivity index (χ2v) is 7.66. The Morgan fingerprint density at radius 3 is 2.76 bits per heavy atom. The predicted octanol–water partition coefficient (Wildman–Crippen LogP) is 2.88.